The van der Waals surface area contributed by atoms with Crippen molar-refractivity contribution in [3.63, 3.8) is 0 Å². The Kier molecular flexibility index (Phi) is 3.45. The summed E-state index contributed by atoms with van der Waals surface area (Å²) in [5.41, 5.74) is -0.0652. The normalized spacial score (nSPS) is 9.86. The Bertz CT molecular complexity index is 382. The molecule has 0 aliphatic rings. The molecule has 1 N–H and O–H groups in total. The second-order valence-corrected chi connectivity index (χ2v) is 3.09. The summed E-state index contributed by atoms with van der Waals surface area (Å²) in [6, 6.07) is 3.22. The zero-order valence-electron chi connectivity index (χ0n) is 8.41. The molecule has 0 aromatic carbocycles. The number of hydrogen-bond donors (Lipinski definition) is 1. The molecule has 4 heteroatoms. The first kappa shape index (κ1) is 10.5. The van der Waals surface area contributed by atoms with E-state index in [-0.39, 0.29) is 17.0 Å². The molecule has 0 aliphatic carbocycles. The van der Waals surface area contributed by atoms with Gasteiger partial charge in [-0.05, 0) is 18.6 Å². The largest absolute Gasteiger partial charge is 0.352 e. The second kappa shape index (κ2) is 4.60. The van der Waals surface area contributed by atoms with Gasteiger partial charge in [0.1, 0.15) is 5.56 Å². The molecule has 0 unspecified atom stereocenters. The number of nitrogens with zero attached hydrogens (tertiary/aromatic N) is 1. The summed E-state index contributed by atoms with van der Waals surface area (Å²) in [6.07, 6.45) is 2.48. The van der Waals surface area contributed by atoms with Gasteiger partial charge in [-0.25, -0.2) is 0 Å². The van der Waals surface area contributed by atoms with Crippen LogP contribution < -0.4 is 10.9 Å². The summed E-state index contributed by atoms with van der Waals surface area (Å²) >= 11 is 0. The maximum atomic E-state index is 11.5. The number of carbonyl (C=O) groups excluding carboxylic acids is 1. The summed E-state index contributed by atoms with van der Waals surface area (Å²) in [4.78, 5) is 22.9. The molecule has 0 saturated carbocycles. The molecule has 1 aromatic rings. The smallest absolute Gasteiger partial charge is 0.263 e. The Labute approximate surface area is 82.6 Å². The lowest BCUT2D eigenvalue weighted by Crippen LogP contribution is -2.32. The topological polar surface area (TPSA) is 51.1 Å². The molecule has 76 valence electrons. The molecule has 0 atom stereocenters. The van der Waals surface area contributed by atoms with Crippen LogP contribution in [0.15, 0.2) is 23.1 Å². The van der Waals surface area contributed by atoms with E-state index in [1.165, 1.54) is 10.6 Å². The first-order valence-corrected chi connectivity index (χ1v) is 4.60. The number of aromatic nitrogens is 1. The van der Waals surface area contributed by atoms with Crippen LogP contribution in [0.1, 0.15) is 23.7 Å². The van der Waals surface area contributed by atoms with Crippen LogP contribution in [0.4, 0.5) is 0 Å². The SMILES string of the molecule is CCCNC(=O)c1cccn(C)c1=O. The van der Waals surface area contributed by atoms with Crippen molar-refractivity contribution in [2.75, 3.05) is 6.54 Å². The molecule has 1 aromatic heterocycles. The monoisotopic (exact) mass is 194 g/mol. The van der Waals surface area contributed by atoms with Crippen LogP contribution in [-0.2, 0) is 7.05 Å². The maximum Gasteiger partial charge on any atom is 0.263 e. The summed E-state index contributed by atoms with van der Waals surface area (Å²) < 4.78 is 1.39. The van der Waals surface area contributed by atoms with Gasteiger partial charge >= 0.3 is 0 Å². The quantitative estimate of drug-likeness (QED) is 0.762. The number of aryl methyl sites for hydroxylation is 1. The highest BCUT2D eigenvalue weighted by Gasteiger charge is 2.09. The number of nitrogens with one attached hydrogen (secondary N) is 1. The number of hydrogen-bond acceptors (Lipinski definition) is 2. The van der Waals surface area contributed by atoms with Crippen LogP contribution in [0.25, 0.3) is 0 Å². The first-order chi connectivity index (χ1) is 6.66. The van der Waals surface area contributed by atoms with Gasteiger partial charge in [0, 0.05) is 19.8 Å². The fourth-order valence-corrected chi connectivity index (χ4v) is 1.10. The predicted molar refractivity (Wildman–Crippen MR) is 54.3 cm³/mol. The Morgan fingerprint density at radius 1 is 1.57 bits per heavy atom. The molecule has 14 heavy (non-hydrogen) atoms. The Hall–Kier alpha value is -1.58. The van der Waals surface area contributed by atoms with E-state index in [0.717, 1.165) is 6.42 Å². The third-order valence-electron chi connectivity index (χ3n) is 1.90. The highest BCUT2D eigenvalue weighted by Crippen LogP contribution is 1.90. The maximum absolute atomic E-state index is 11.5. The fraction of sp³-hybridized carbons (Fsp3) is 0.400. The number of amides is 1. The third-order valence-corrected chi connectivity index (χ3v) is 1.90. The predicted octanol–water partition coefficient (Wildman–Crippen LogP) is 0.525. The summed E-state index contributed by atoms with van der Waals surface area (Å²) in [5.74, 6) is -0.298. The van der Waals surface area contributed by atoms with Gasteiger partial charge in [0.25, 0.3) is 11.5 Å². The van der Waals surface area contributed by atoms with Crippen LogP contribution in [0.3, 0.4) is 0 Å². The van der Waals surface area contributed by atoms with Gasteiger partial charge in [0.15, 0.2) is 0 Å². The molecule has 0 fully saturated rings. The number of pyridine rings is 1. The third kappa shape index (κ3) is 2.22. The Balaban J connectivity index is 2.91. The second-order valence-electron chi connectivity index (χ2n) is 3.09. The summed E-state index contributed by atoms with van der Waals surface area (Å²) in [5, 5.41) is 2.66. The molecule has 1 amide bonds. The molecular weight excluding hydrogens is 180 g/mol. The van der Waals surface area contributed by atoms with Gasteiger partial charge < -0.3 is 9.88 Å². The van der Waals surface area contributed by atoms with Crippen LogP contribution in [0.2, 0.25) is 0 Å². The molecule has 0 aliphatic heterocycles. The van der Waals surface area contributed by atoms with Crippen molar-refractivity contribution < 1.29 is 4.79 Å². The van der Waals surface area contributed by atoms with Gasteiger partial charge in [0.05, 0.1) is 0 Å². The summed E-state index contributed by atoms with van der Waals surface area (Å²) in [6.45, 7) is 2.56. The number of rotatable bonds is 3. The lowest BCUT2D eigenvalue weighted by Gasteiger charge is -2.03. The standard InChI is InChI=1S/C10H14N2O2/c1-3-6-11-9(13)8-5-4-7-12(2)10(8)14/h4-5,7H,3,6H2,1-2H3,(H,11,13). The van der Waals surface area contributed by atoms with E-state index in [1.807, 2.05) is 6.92 Å². The van der Waals surface area contributed by atoms with Crippen LogP contribution in [0, 0.1) is 0 Å². The minimum absolute atomic E-state index is 0.198. The molecule has 1 heterocycles. The van der Waals surface area contributed by atoms with Crippen molar-refractivity contribution in [1.29, 1.82) is 0 Å². The number of carbonyl (C=O) groups is 1. The van der Waals surface area contributed by atoms with Crippen molar-refractivity contribution in [2.45, 2.75) is 13.3 Å². The van der Waals surface area contributed by atoms with E-state index in [9.17, 15) is 9.59 Å². The van der Waals surface area contributed by atoms with Gasteiger partial charge in [-0.1, -0.05) is 6.92 Å². The molecule has 0 spiro atoms. The first-order valence-electron chi connectivity index (χ1n) is 4.60. The molecular formula is C10H14N2O2. The Morgan fingerprint density at radius 3 is 2.93 bits per heavy atom. The molecule has 1 rings (SSSR count). The van der Waals surface area contributed by atoms with Crippen molar-refractivity contribution in [3.8, 4) is 0 Å². The highest BCUT2D eigenvalue weighted by atomic mass is 16.2. The van der Waals surface area contributed by atoms with Crippen molar-refractivity contribution in [3.05, 3.63) is 34.2 Å². The molecule has 0 saturated heterocycles. The van der Waals surface area contributed by atoms with Crippen LogP contribution in [-0.4, -0.2) is 17.0 Å². The van der Waals surface area contributed by atoms with E-state index in [2.05, 4.69) is 5.32 Å². The van der Waals surface area contributed by atoms with Gasteiger partial charge in [0.2, 0.25) is 0 Å². The highest BCUT2D eigenvalue weighted by molar-refractivity contribution is 5.93. The van der Waals surface area contributed by atoms with Crippen molar-refractivity contribution in [2.24, 2.45) is 7.05 Å². The fourth-order valence-electron chi connectivity index (χ4n) is 1.10. The zero-order valence-corrected chi connectivity index (χ0v) is 8.41. The summed E-state index contributed by atoms with van der Waals surface area (Å²) in [7, 11) is 1.62. The van der Waals surface area contributed by atoms with Gasteiger partial charge in [-0.2, -0.15) is 0 Å². The van der Waals surface area contributed by atoms with Crippen molar-refractivity contribution >= 4 is 5.91 Å². The van der Waals surface area contributed by atoms with Gasteiger partial charge in [-0.15, -0.1) is 0 Å². The van der Waals surface area contributed by atoms with Crippen LogP contribution >= 0.6 is 0 Å². The van der Waals surface area contributed by atoms with E-state index in [1.54, 1.807) is 19.3 Å². The van der Waals surface area contributed by atoms with Crippen LogP contribution in [0.5, 0.6) is 0 Å². The zero-order chi connectivity index (χ0) is 10.6. The van der Waals surface area contributed by atoms with Gasteiger partial charge in [-0.3, -0.25) is 9.59 Å². The van der Waals surface area contributed by atoms with E-state index in [0.29, 0.717) is 6.54 Å². The Morgan fingerprint density at radius 2 is 2.29 bits per heavy atom. The van der Waals surface area contributed by atoms with Crippen molar-refractivity contribution in [1.82, 2.24) is 9.88 Å². The minimum Gasteiger partial charge on any atom is -0.352 e. The lowest BCUT2D eigenvalue weighted by molar-refractivity contribution is 0.0951. The molecule has 0 bridgehead atoms. The molecule has 4 nitrogen and oxygen atoms in total. The average molecular weight is 194 g/mol. The minimum atomic E-state index is -0.298. The average Bonchev–Trinajstić information content (AvgIpc) is 2.18. The molecule has 0 radical (unpaired) electrons. The van der Waals surface area contributed by atoms with E-state index in [4.69, 9.17) is 0 Å². The lowest BCUT2D eigenvalue weighted by atomic mass is 10.2. The van der Waals surface area contributed by atoms with E-state index >= 15 is 0 Å². The van der Waals surface area contributed by atoms with E-state index < -0.39 is 0 Å².